The highest BCUT2D eigenvalue weighted by molar-refractivity contribution is 14.1. The molecule has 0 aliphatic rings. The summed E-state index contributed by atoms with van der Waals surface area (Å²) in [6.45, 7) is 0. The average Bonchev–Trinajstić information content (AvgIpc) is 1.59. The van der Waals surface area contributed by atoms with Crippen LogP contribution in [0.5, 0.6) is 0 Å². The van der Waals surface area contributed by atoms with Crippen molar-refractivity contribution in [3.8, 4) is 0 Å². The van der Waals surface area contributed by atoms with Gasteiger partial charge < -0.3 is 0 Å². The van der Waals surface area contributed by atoms with E-state index in [1.54, 1.807) is 0 Å². The van der Waals surface area contributed by atoms with E-state index in [1.807, 2.05) is 6.07 Å². The van der Waals surface area contributed by atoms with E-state index in [0.29, 0.717) is 0 Å². The van der Waals surface area contributed by atoms with Gasteiger partial charge in [-0.1, -0.05) is 0 Å². The number of aromatic nitrogens is 2. The fourth-order valence-corrected chi connectivity index (χ4v) is 3.45. The van der Waals surface area contributed by atoms with Crippen molar-refractivity contribution in [2.24, 2.45) is 0 Å². The Bertz CT molecular complexity index is 175. The summed E-state index contributed by atoms with van der Waals surface area (Å²) in [5.74, 6) is 0. The SMILES string of the molecule is Ic1cc(I)nc(I)n1. The Balaban J connectivity index is 3.17. The Hall–Kier alpha value is 1.27. The minimum atomic E-state index is 0.809. The molecule has 0 aromatic carbocycles. The highest BCUT2D eigenvalue weighted by atomic mass is 127. The van der Waals surface area contributed by atoms with Crippen LogP contribution >= 0.6 is 67.8 Å². The van der Waals surface area contributed by atoms with Crippen molar-refractivity contribution in [1.29, 1.82) is 0 Å². The van der Waals surface area contributed by atoms with Gasteiger partial charge in [0.1, 0.15) is 7.40 Å². The summed E-state index contributed by atoms with van der Waals surface area (Å²) in [5, 5.41) is 0. The Labute approximate surface area is 93.7 Å². The van der Waals surface area contributed by atoms with Crippen molar-refractivity contribution in [2.75, 3.05) is 0 Å². The Morgan fingerprint density at radius 1 is 1.00 bits per heavy atom. The Kier molecular flexibility index (Phi) is 3.35. The van der Waals surface area contributed by atoms with Crippen LogP contribution in [-0.2, 0) is 0 Å². The van der Waals surface area contributed by atoms with E-state index in [1.165, 1.54) is 0 Å². The van der Waals surface area contributed by atoms with Gasteiger partial charge >= 0.3 is 0 Å². The van der Waals surface area contributed by atoms with Crippen LogP contribution < -0.4 is 0 Å². The average molecular weight is 458 g/mol. The molecule has 0 aliphatic carbocycles. The minimum Gasteiger partial charge on any atom is -0.217 e. The summed E-state index contributed by atoms with van der Waals surface area (Å²) in [6.07, 6.45) is 0. The molecule has 0 amide bonds. The largest absolute Gasteiger partial charge is 0.217 e. The van der Waals surface area contributed by atoms with Gasteiger partial charge in [0.25, 0.3) is 0 Å². The van der Waals surface area contributed by atoms with Gasteiger partial charge in [0.05, 0.1) is 0 Å². The maximum Gasteiger partial charge on any atom is 0.192 e. The molecule has 48 valence electrons. The summed E-state index contributed by atoms with van der Waals surface area (Å²) in [4.78, 5) is 8.18. The molecule has 0 spiro atoms. The molecule has 0 bridgehead atoms. The zero-order chi connectivity index (χ0) is 6.85. The van der Waals surface area contributed by atoms with Crippen LogP contribution in [-0.4, -0.2) is 9.97 Å². The van der Waals surface area contributed by atoms with Crippen molar-refractivity contribution in [1.82, 2.24) is 9.97 Å². The van der Waals surface area contributed by atoms with E-state index in [9.17, 15) is 0 Å². The van der Waals surface area contributed by atoms with Gasteiger partial charge in [0, 0.05) is 28.7 Å². The predicted octanol–water partition coefficient (Wildman–Crippen LogP) is 2.29. The quantitative estimate of drug-likeness (QED) is 0.339. The van der Waals surface area contributed by atoms with Crippen molar-refractivity contribution in [3.63, 3.8) is 0 Å². The third kappa shape index (κ3) is 2.78. The molecule has 1 aromatic rings. The first-order valence-corrected chi connectivity index (χ1v) is 5.27. The van der Waals surface area contributed by atoms with Crippen LogP contribution in [0.15, 0.2) is 6.07 Å². The van der Waals surface area contributed by atoms with Crippen molar-refractivity contribution in [3.05, 3.63) is 17.3 Å². The van der Waals surface area contributed by atoms with Gasteiger partial charge in [-0.15, -0.1) is 0 Å². The van der Waals surface area contributed by atoms with Gasteiger partial charge in [-0.2, -0.15) is 0 Å². The summed E-state index contributed by atoms with van der Waals surface area (Å²) in [7, 11) is 0. The molecule has 0 unspecified atom stereocenters. The van der Waals surface area contributed by atoms with E-state index < -0.39 is 0 Å². The third-order valence-corrected chi connectivity index (χ3v) is 2.22. The summed E-state index contributed by atoms with van der Waals surface area (Å²) in [5.41, 5.74) is 0. The molecular weight excluding hydrogens is 457 g/mol. The molecule has 1 rings (SSSR count). The predicted molar refractivity (Wildman–Crippen MR) is 60.2 cm³/mol. The lowest BCUT2D eigenvalue weighted by Crippen LogP contribution is -1.91. The van der Waals surface area contributed by atoms with Gasteiger partial charge in [-0.3, -0.25) is 0 Å². The molecule has 0 fully saturated rings. The van der Waals surface area contributed by atoms with Gasteiger partial charge in [0.2, 0.25) is 0 Å². The van der Waals surface area contributed by atoms with Gasteiger partial charge in [-0.05, 0) is 45.2 Å². The molecule has 0 aliphatic heterocycles. The number of hydrogen-bond donors (Lipinski definition) is 0. The highest BCUT2D eigenvalue weighted by Crippen LogP contribution is 2.07. The summed E-state index contributed by atoms with van der Waals surface area (Å²) >= 11 is 6.44. The molecule has 1 heterocycles. The highest BCUT2D eigenvalue weighted by Gasteiger charge is 1.94. The first-order chi connectivity index (χ1) is 4.18. The number of rotatable bonds is 0. The van der Waals surface area contributed by atoms with E-state index in [0.717, 1.165) is 11.2 Å². The lowest BCUT2D eigenvalue weighted by Gasteiger charge is -1.91. The molecule has 0 atom stereocenters. The van der Waals surface area contributed by atoms with Crippen molar-refractivity contribution in [2.45, 2.75) is 0 Å². The van der Waals surface area contributed by atoms with E-state index in [-0.39, 0.29) is 0 Å². The smallest absolute Gasteiger partial charge is 0.192 e. The zero-order valence-corrected chi connectivity index (χ0v) is 10.6. The Morgan fingerprint density at radius 3 is 1.78 bits per heavy atom. The first kappa shape index (κ1) is 8.37. The molecule has 0 saturated carbocycles. The maximum absolute atomic E-state index is 4.09. The van der Waals surface area contributed by atoms with Crippen LogP contribution in [0.4, 0.5) is 0 Å². The fraction of sp³-hybridized carbons (Fsp3) is 0. The molecule has 9 heavy (non-hydrogen) atoms. The Morgan fingerprint density at radius 2 is 1.44 bits per heavy atom. The molecule has 0 N–H and O–H groups in total. The van der Waals surface area contributed by atoms with Gasteiger partial charge in [0.15, 0.2) is 3.83 Å². The normalized spacial score (nSPS) is 9.67. The van der Waals surface area contributed by atoms with Crippen molar-refractivity contribution >= 4 is 67.8 Å². The van der Waals surface area contributed by atoms with Crippen LogP contribution in [0.1, 0.15) is 0 Å². The second-order valence-electron chi connectivity index (χ2n) is 1.28. The number of halogens is 3. The molecule has 5 heteroatoms. The van der Waals surface area contributed by atoms with E-state index in [2.05, 4.69) is 77.7 Å². The third-order valence-electron chi connectivity index (χ3n) is 0.636. The lowest BCUT2D eigenvalue weighted by molar-refractivity contribution is 1.05. The van der Waals surface area contributed by atoms with Crippen LogP contribution in [0.25, 0.3) is 0 Å². The molecule has 2 nitrogen and oxygen atoms in total. The molecular formula is C4HI3N2. The van der Waals surface area contributed by atoms with E-state index >= 15 is 0 Å². The number of nitrogens with zero attached hydrogens (tertiary/aromatic N) is 2. The van der Waals surface area contributed by atoms with Crippen LogP contribution in [0.3, 0.4) is 0 Å². The first-order valence-electron chi connectivity index (χ1n) is 2.04. The zero-order valence-electron chi connectivity index (χ0n) is 4.11. The second kappa shape index (κ2) is 3.60. The standard InChI is InChI=1S/C4HI3N2/c5-2-1-3(6)9-4(7)8-2/h1H. The van der Waals surface area contributed by atoms with Crippen LogP contribution in [0.2, 0.25) is 0 Å². The summed E-state index contributed by atoms with van der Waals surface area (Å²) < 4.78 is 2.80. The van der Waals surface area contributed by atoms with Gasteiger partial charge in [-0.25, -0.2) is 9.97 Å². The number of hydrogen-bond acceptors (Lipinski definition) is 2. The van der Waals surface area contributed by atoms with Crippen molar-refractivity contribution < 1.29 is 0 Å². The minimum absolute atomic E-state index is 0.809. The van der Waals surface area contributed by atoms with Crippen LogP contribution in [0, 0.1) is 11.2 Å². The lowest BCUT2D eigenvalue weighted by atomic mass is 10.7. The van der Waals surface area contributed by atoms with E-state index in [4.69, 9.17) is 0 Å². The molecule has 1 aromatic heterocycles. The fourth-order valence-electron chi connectivity index (χ4n) is 0.364. The monoisotopic (exact) mass is 458 g/mol. The summed E-state index contributed by atoms with van der Waals surface area (Å²) in [6, 6.07) is 1.93. The topological polar surface area (TPSA) is 25.8 Å². The second-order valence-corrected chi connectivity index (χ2v) is 4.46. The molecule has 0 saturated heterocycles. The maximum atomic E-state index is 4.09. The molecule has 0 radical (unpaired) electrons.